The largest absolute Gasteiger partial charge is 0.492 e. The van der Waals surface area contributed by atoms with Gasteiger partial charge in [0.2, 0.25) is 5.91 Å². The number of benzene rings is 1. The molecule has 1 fully saturated rings. The third-order valence-corrected chi connectivity index (χ3v) is 5.69. The monoisotopic (exact) mass is 416 g/mol. The predicted molar refractivity (Wildman–Crippen MR) is 112 cm³/mol. The van der Waals surface area contributed by atoms with Crippen LogP contribution < -0.4 is 15.4 Å². The number of rotatable bonds is 8. The fraction of sp³-hybridized carbons (Fsp3) is 0.381. The zero-order valence-electron chi connectivity index (χ0n) is 16.7. The van der Waals surface area contributed by atoms with Crippen molar-refractivity contribution in [3.63, 3.8) is 0 Å². The van der Waals surface area contributed by atoms with Crippen molar-refractivity contribution in [3.8, 4) is 5.75 Å². The lowest BCUT2D eigenvalue weighted by atomic mass is 10.1. The molecule has 1 aliphatic carbocycles. The highest BCUT2D eigenvalue weighted by Crippen LogP contribution is 2.36. The van der Waals surface area contributed by atoms with E-state index in [0.29, 0.717) is 28.6 Å². The molecule has 2 amide bonds. The minimum absolute atomic E-state index is 0.0257. The number of ether oxygens (including phenoxy) is 2. The molecular weight excluding hydrogens is 392 g/mol. The molecule has 0 saturated heterocycles. The molecule has 7 nitrogen and oxygen atoms in total. The van der Waals surface area contributed by atoms with Gasteiger partial charge in [0.25, 0.3) is 5.91 Å². The molecule has 0 atom stereocenters. The van der Waals surface area contributed by atoms with Crippen LogP contribution in [0.1, 0.15) is 40.6 Å². The molecule has 1 saturated carbocycles. The fourth-order valence-electron chi connectivity index (χ4n) is 2.76. The van der Waals surface area contributed by atoms with Gasteiger partial charge >= 0.3 is 5.97 Å². The van der Waals surface area contributed by atoms with E-state index in [1.54, 1.807) is 31.2 Å². The van der Waals surface area contributed by atoms with Gasteiger partial charge in [0.15, 0.2) is 6.61 Å². The Morgan fingerprint density at radius 1 is 1.14 bits per heavy atom. The number of anilines is 2. The molecule has 29 heavy (non-hydrogen) atoms. The topological polar surface area (TPSA) is 93.7 Å². The van der Waals surface area contributed by atoms with Crippen LogP contribution in [0.5, 0.6) is 5.75 Å². The van der Waals surface area contributed by atoms with Gasteiger partial charge in [-0.2, -0.15) is 0 Å². The van der Waals surface area contributed by atoms with E-state index in [1.807, 2.05) is 13.8 Å². The number of thiophene rings is 1. The van der Waals surface area contributed by atoms with Crippen molar-refractivity contribution in [2.75, 3.05) is 23.8 Å². The molecule has 1 aromatic heterocycles. The molecule has 3 rings (SSSR count). The SMILES string of the molecule is CCOc1ccccc1NC(=O)COC(=O)c1c(NC(=O)C2CC2)sc(C)c1C. The third kappa shape index (κ3) is 5.14. The molecule has 0 spiro atoms. The number of nitrogens with one attached hydrogen (secondary N) is 2. The highest BCUT2D eigenvalue weighted by atomic mass is 32.1. The number of carbonyl (C=O) groups is 3. The Bertz CT molecular complexity index is 933. The second-order valence-corrected chi connectivity index (χ2v) is 8.03. The van der Waals surface area contributed by atoms with Crippen molar-refractivity contribution < 1.29 is 23.9 Å². The smallest absolute Gasteiger partial charge is 0.341 e. The second-order valence-electron chi connectivity index (χ2n) is 6.80. The number of hydrogen-bond donors (Lipinski definition) is 2. The summed E-state index contributed by atoms with van der Waals surface area (Å²) in [5, 5.41) is 5.99. The van der Waals surface area contributed by atoms with Crippen molar-refractivity contribution in [1.82, 2.24) is 0 Å². The minimum Gasteiger partial charge on any atom is -0.492 e. The number of amides is 2. The first-order valence-electron chi connectivity index (χ1n) is 9.50. The molecule has 0 unspecified atom stereocenters. The van der Waals surface area contributed by atoms with Gasteiger partial charge in [-0.25, -0.2) is 4.79 Å². The van der Waals surface area contributed by atoms with E-state index in [1.165, 1.54) is 11.3 Å². The zero-order chi connectivity index (χ0) is 21.0. The van der Waals surface area contributed by atoms with Crippen LogP contribution in [0.4, 0.5) is 10.7 Å². The van der Waals surface area contributed by atoms with Crippen LogP contribution in [-0.2, 0) is 14.3 Å². The summed E-state index contributed by atoms with van der Waals surface area (Å²) in [4.78, 5) is 37.9. The van der Waals surface area contributed by atoms with Gasteiger partial charge in [-0.3, -0.25) is 9.59 Å². The Labute approximate surface area is 173 Å². The van der Waals surface area contributed by atoms with Crippen molar-refractivity contribution in [2.24, 2.45) is 5.92 Å². The molecule has 154 valence electrons. The average molecular weight is 416 g/mol. The van der Waals surface area contributed by atoms with Crippen molar-refractivity contribution in [2.45, 2.75) is 33.6 Å². The third-order valence-electron chi connectivity index (χ3n) is 4.57. The van der Waals surface area contributed by atoms with Gasteiger partial charge in [0, 0.05) is 10.8 Å². The number of para-hydroxylation sites is 2. The maximum absolute atomic E-state index is 12.6. The second kappa shape index (κ2) is 9.09. The Morgan fingerprint density at radius 3 is 2.55 bits per heavy atom. The quantitative estimate of drug-likeness (QED) is 0.637. The highest BCUT2D eigenvalue weighted by Gasteiger charge is 2.31. The lowest BCUT2D eigenvalue weighted by Crippen LogP contribution is -2.22. The van der Waals surface area contributed by atoms with E-state index in [0.717, 1.165) is 23.3 Å². The number of esters is 1. The van der Waals surface area contributed by atoms with Crippen molar-refractivity contribution in [3.05, 3.63) is 40.3 Å². The van der Waals surface area contributed by atoms with Crippen LogP contribution in [0.25, 0.3) is 0 Å². The lowest BCUT2D eigenvalue weighted by Gasteiger charge is -2.12. The van der Waals surface area contributed by atoms with Gasteiger partial charge < -0.3 is 20.1 Å². The number of aryl methyl sites for hydroxylation is 1. The first-order chi connectivity index (χ1) is 13.9. The average Bonchev–Trinajstić information content (AvgIpc) is 3.49. The van der Waals surface area contributed by atoms with E-state index >= 15 is 0 Å². The van der Waals surface area contributed by atoms with Crippen LogP contribution in [-0.4, -0.2) is 31.0 Å². The molecule has 0 bridgehead atoms. The Kier molecular flexibility index (Phi) is 6.53. The summed E-state index contributed by atoms with van der Waals surface area (Å²) >= 11 is 1.34. The maximum Gasteiger partial charge on any atom is 0.341 e. The van der Waals surface area contributed by atoms with Gasteiger partial charge in [-0.15, -0.1) is 11.3 Å². The molecular formula is C21H24N2O5S. The van der Waals surface area contributed by atoms with Crippen LogP contribution in [0.3, 0.4) is 0 Å². The summed E-state index contributed by atoms with van der Waals surface area (Å²) in [5.74, 6) is -0.614. The van der Waals surface area contributed by atoms with E-state index < -0.39 is 18.5 Å². The Balaban J connectivity index is 1.63. The molecule has 1 heterocycles. The summed E-state index contributed by atoms with van der Waals surface area (Å²) in [5.41, 5.74) is 1.56. The minimum atomic E-state index is -0.633. The number of carbonyl (C=O) groups excluding carboxylic acids is 3. The van der Waals surface area contributed by atoms with Crippen molar-refractivity contribution >= 4 is 39.8 Å². The van der Waals surface area contributed by atoms with Crippen molar-refractivity contribution in [1.29, 1.82) is 0 Å². The van der Waals surface area contributed by atoms with Gasteiger partial charge in [0.1, 0.15) is 10.8 Å². The van der Waals surface area contributed by atoms with E-state index in [9.17, 15) is 14.4 Å². The van der Waals surface area contributed by atoms with Crippen LogP contribution >= 0.6 is 11.3 Å². The predicted octanol–water partition coefficient (Wildman–Crippen LogP) is 3.91. The Morgan fingerprint density at radius 2 is 1.86 bits per heavy atom. The zero-order valence-corrected chi connectivity index (χ0v) is 17.5. The lowest BCUT2D eigenvalue weighted by molar-refractivity contribution is -0.119. The summed E-state index contributed by atoms with van der Waals surface area (Å²) in [6, 6.07) is 7.04. The van der Waals surface area contributed by atoms with Crippen LogP contribution in [0.15, 0.2) is 24.3 Å². The first kappa shape index (κ1) is 20.9. The first-order valence-corrected chi connectivity index (χ1v) is 10.3. The molecule has 2 N–H and O–H groups in total. The molecule has 1 aromatic carbocycles. The standard InChI is InChI=1S/C21H24N2O5S/c1-4-27-16-8-6-5-7-15(16)22-17(24)11-28-21(26)18-12(2)13(3)29-20(18)23-19(25)14-9-10-14/h5-8,14H,4,9-11H2,1-3H3,(H,22,24)(H,23,25). The summed E-state index contributed by atoms with van der Waals surface area (Å²) in [7, 11) is 0. The summed E-state index contributed by atoms with van der Waals surface area (Å²) in [6.07, 6.45) is 1.75. The normalized spacial score (nSPS) is 12.9. The molecule has 0 radical (unpaired) electrons. The molecule has 0 aliphatic heterocycles. The fourth-order valence-corrected chi connectivity index (χ4v) is 3.81. The van der Waals surface area contributed by atoms with Gasteiger partial charge in [0.05, 0.1) is 17.9 Å². The van der Waals surface area contributed by atoms with E-state index in [-0.39, 0.29) is 11.8 Å². The summed E-state index contributed by atoms with van der Waals surface area (Å²) < 4.78 is 10.7. The summed E-state index contributed by atoms with van der Waals surface area (Å²) in [6.45, 7) is 5.55. The molecule has 8 heteroatoms. The molecule has 2 aromatic rings. The van der Waals surface area contributed by atoms with Crippen LogP contribution in [0, 0.1) is 19.8 Å². The van der Waals surface area contributed by atoms with E-state index in [2.05, 4.69) is 10.6 Å². The number of hydrogen-bond acceptors (Lipinski definition) is 6. The molecule has 1 aliphatic rings. The highest BCUT2D eigenvalue weighted by molar-refractivity contribution is 7.16. The van der Waals surface area contributed by atoms with Gasteiger partial charge in [-0.1, -0.05) is 12.1 Å². The van der Waals surface area contributed by atoms with Crippen LogP contribution in [0.2, 0.25) is 0 Å². The maximum atomic E-state index is 12.6. The van der Waals surface area contributed by atoms with Gasteiger partial charge in [-0.05, 0) is 51.3 Å². The Hall–Kier alpha value is -2.87. The van der Waals surface area contributed by atoms with E-state index in [4.69, 9.17) is 9.47 Å².